The third-order valence-electron chi connectivity index (χ3n) is 1.07. The quantitative estimate of drug-likeness (QED) is 0.499. The van der Waals surface area contributed by atoms with Crippen LogP contribution in [0.15, 0.2) is 12.4 Å². The van der Waals surface area contributed by atoms with Gasteiger partial charge in [0.2, 0.25) is 0 Å². The maximum atomic E-state index is 8.92. The van der Waals surface area contributed by atoms with Crippen LogP contribution in [0.3, 0.4) is 0 Å². The molecule has 0 aromatic carbocycles. The van der Waals surface area contributed by atoms with E-state index in [-0.39, 0.29) is 0 Å². The Kier molecular flexibility index (Phi) is 1.80. The second kappa shape index (κ2) is 2.34. The minimum Gasteiger partial charge on any atom is -0.353 e. The molecule has 1 rings (SSSR count). The van der Waals surface area contributed by atoms with E-state index >= 15 is 0 Å². The Bertz CT molecular complexity index is 228. The van der Waals surface area contributed by atoms with Crippen LogP contribution in [0.2, 0.25) is 0 Å². The van der Waals surface area contributed by atoms with E-state index in [1.807, 2.05) is 0 Å². The molecule has 0 saturated heterocycles. The summed E-state index contributed by atoms with van der Waals surface area (Å²) in [7, 11) is 1.70. The zero-order chi connectivity index (χ0) is 7.78. The lowest BCUT2D eigenvalue weighted by atomic mass is 10.4. The van der Waals surface area contributed by atoms with E-state index in [1.54, 1.807) is 7.05 Å². The topological polar surface area (TPSA) is 58.3 Å². The minimum atomic E-state index is -1.96. The van der Waals surface area contributed by atoms with Crippen LogP contribution >= 0.6 is 15.9 Å². The van der Waals surface area contributed by atoms with Gasteiger partial charge in [0.1, 0.15) is 0 Å². The van der Waals surface area contributed by atoms with Gasteiger partial charge in [-0.2, -0.15) is 5.10 Å². The van der Waals surface area contributed by atoms with Gasteiger partial charge in [0, 0.05) is 13.2 Å². The maximum Gasteiger partial charge on any atom is 0.252 e. The van der Waals surface area contributed by atoms with Crippen LogP contribution in [0.25, 0.3) is 0 Å². The van der Waals surface area contributed by atoms with Gasteiger partial charge >= 0.3 is 0 Å². The highest BCUT2D eigenvalue weighted by atomic mass is 79.9. The van der Waals surface area contributed by atoms with Gasteiger partial charge < -0.3 is 10.2 Å². The zero-order valence-electron chi connectivity index (χ0n) is 5.32. The molecule has 0 unspecified atom stereocenters. The van der Waals surface area contributed by atoms with Crippen molar-refractivity contribution in [1.29, 1.82) is 0 Å². The largest absolute Gasteiger partial charge is 0.353 e. The molecule has 4 nitrogen and oxygen atoms in total. The summed E-state index contributed by atoms with van der Waals surface area (Å²) in [6, 6.07) is 0. The molecule has 0 spiro atoms. The number of hydrogen-bond acceptors (Lipinski definition) is 3. The second-order valence-corrected chi connectivity index (χ2v) is 3.10. The molecule has 0 aliphatic carbocycles. The van der Waals surface area contributed by atoms with Gasteiger partial charge in [-0.3, -0.25) is 4.68 Å². The smallest absolute Gasteiger partial charge is 0.252 e. The van der Waals surface area contributed by atoms with E-state index < -0.39 is 4.70 Å². The van der Waals surface area contributed by atoms with Crippen LogP contribution in [-0.4, -0.2) is 20.0 Å². The summed E-state index contributed by atoms with van der Waals surface area (Å²) in [5.74, 6) is 0. The van der Waals surface area contributed by atoms with Crippen LogP contribution in [0.5, 0.6) is 0 Å². The van der Waals surface area contributed by atoms with Crippen molar-refractivity contribution in [3.63, 3.8) is 0 Å². The highest BCUT2D eigenvalue weighted by Crippen LogP contribution is 2.22. The Morgan fingerprint density at radius 3 is 2.50 bits per heavy atom. The van der Waals surface area contributed by atoms with Crippen molar-refractivity contribution in [2.24, 2.45) is 7.05 Å². The van der Waals surface area contributed by atoms with Crippen LogP contribution in [0.1, 0.15) is 5.56 Å². The van der Waals surface area contributed by atoms with Gasteiger partial charge in [-0.15, -0.1) is 0 Å². The molecule has 56 valence electrons. The first-order chi connectivity index (χ1) is 4.50. The lowest BCUT2D eigenvalue weighted by molar-refractivity contribution is -0.0742. The van der Waals surface area contributed by atoms with Crippen molar-refractivity contribution in [3.8, 4) is 0 Å². The van der Waals surface area contributed by atoms with Gasteiger partial charge in [0.15, 0.2) is 0 Å². The summed E-state index contributed by atoms with van der Waals surface area (Å²) in [6.07, 6.45) is 2.88. The predicted molar refractivity (Wildman–Crippen MR) is 38.3 cm³/mol. The minimum absolute atomic E-state index is 0.315. The Balaban J connectivity index is 2.96. The normalized spacial score (nSPS) is 12.0. The lowest BCUT2D eigenvalue weighted by Crippen LogP contribution is -2.14. The monoisotopic (exact) mass is 206 g/mol. The highest BCUT2D eigenvalue weighted by molar-refractivity contribution is 9.09. The SMILES string of the molecule is Cn1cc(C(O)(O)Br)cn1. The molecular formula is C5H7BrN2O2. The number of aryl methyl sites for hydroxylation is 1. The van der Waals surface area contributed by atoms with Crippen LogP contribution in [-0.2, 0) is 11.7 Å². The molecule has 1 aromatic rings. The molecule has 0 saturated carbocycles. The van der Waals surface area contributed by atoms with E-state index in [0.29, 0.717) is 5.56 Å². The average molecular weight is 207 g/mol. The molecule has 0 bridgehead atoms. The molecule has 0 amide bonds. The first kappa shape index (κ1) is 7.71. The average Bonchev–Trinajstić information content (AvgIpc) is 2.11. The third-order valence-corrected chi connectivity index (χ3v) is 1.53. The van der Waals surface area contributed by atoms with Crippen molar-refractivity contribution in [3.05, 3.63) is 18.0 Å². The Hall–Kier alpha value is -0.390. The molecule has 0 fully saturated rings. The standard InChI is InChI=1S/C5H7BrN2O2/c1-8-3-4(2-7-8)5(6,9)10/h2-3,9-10H,1H3. The first-order valence-electron chi connectivity index (χ1n) is 2.63. The molecule has 1 aromatic heterocycles. The van der Waals surface area contributed by atoms with Crippen molar-refractivity contribution < 1.29 is 10.2 Å². The van der Waals surface area contributed by atoms with Gasteiger partial charge in [-0.05, 0) is 15.9 Å². The van der Waals surface area contributed by atoms with E-state index in [2.05, 4.69) is 21.0 Å². The van der Waals surface area contributed by atoms with Crippen molar-refractivity contribution >= 4 is 15.9 Å². The molecule has 0 aliphatic heterocycles. The fourth-order valence-corrected chi connectivity index (χ4v) is 0.790. The predicted octanol–water partition coefficient (Wildman–Crippen LogP) is -0.0901. The van der Waals surface area contributed by atoms with E-state index in [0.717, 1.165) is 0 Å². The number of aliphatic hydroxyl groups is 2. The Labute approximate surface area is 66.2 Å². The van der Waals surface area contributed by atoms with Crippen molar-refractivity contribution in [2.75, 3.05) is 0 Å². The summed E-state index contributed by atoms with van der Waals surface area (Å²) in [5, 5.41) is 21.6. The van der Waals surface area contributed by atoms with Crippen LogP contribution < -0.4 is 0 Å². The third kappa shape index (κ3) is 1.56. The van der Waals surface area contributed by atoms with Crippen LogP contribution in [0, 0.1) is 0 Å². The molecule has 10 heavy (non-hydrogen) atoms. The number of nitrogens with zero attached hydrogens (tertiary/aromatic N) is 2. The lowest BCUT2D eigenvalue weighted by Gasteiger charge is -2.09. The maximum absolute atomic E-state index is 8.92. The van der Waals surface area contributed by atoms with E-state index in [4.69, 9.17) is 10.2 Å². The number of hydrogen-bond donors (Lipinski definition) is 2. The van der Waals surface area contributed by atoms with Crippen molar-refractivity contribution in [1.82, 2.24) is 9.78 Å². The molecule has 0 atom stereocenters. The summed E-state index contributed by atoms with van der Waals surface area (Å²) < 4.78 is -0.473. The first-order valence-corrected chi connectivity index (χ1v) is 3.42. The van der Waals surface area contributed by atoms with E-state index in [9.17, 15) is 0 Å². The molecule has 2 N–H and O–H groups in total. The Morgan fingerprint density at radius 1 is 1.70 bits per heavy atom. The number of rotatable bonds is 1. The summed E-state index contributed by atoms with van der Waals surface area (Å²) in [6.45, 7) is 0. The van der Waals surface area contributed by atoms with E-state index in [1.165, 1.54) is 17.1 Å². The molecular weight excluding hydrogens is 200 g/mol. The van der Waals surface area contributed by atoms with Gasteiger partial charge in [-0.25, -0.2) is 0 Å². The van der Waals surface area contributed by atoms with Gasteiger partial charge in [0.05, 0.1) is 11.8 Å². The Morgan fingerprint density at radius 2 is 2.30 bits per heavy atom. The van der Waals surface area contributed by atoms with Gasteiger partial charge in [-0.1, -0.05) is 0 Å². The van der Waals surface area contributed by atoms with Crippen LogP contribution in [0.4, 0.5) is 0 Å². The fourth-order valence-electron chi connectivity index (χ4n) is 0.585. The summed E-state index contributed by atoms with van der Waals surface area (Å²) in [5.41, 5.74) is 0.315. The molecule has 5 heteroatoms. The summed E-state index contributed by atoms with van der Waals surface area (Å²) >= 11 is 2.66. The fraction of sp³-hybridized carbons (Fsp3) is 0.400. The summed E-state index contributed by atoms with van der Waals surface area (Å²) in [4.78, 5) is 0. The number of halogens is 1. The molecule has 0 radical (unpaired) electrons. The zero-order valence-corrected chi connectivity index (χ0v) is 6.91. The second-order valence-electron chi connectivity index (χ2n) is 1.99. The van der Waals surface area contributed by atoms with Gasteiger partial charge in [0.25, 0.3) is 4.70 Å². The highest BCUT2D eigenvalue weighted by Gasteiger charge is 2.22. The number of aromatic nitrogens is 2. The van der Waals surface area contributed by atoms with Crippen molar-refractivity contribution in [2.45, 2.75) is 4.70 Å². The molecule has 1 heterocycles. The molecule has 0 aliphatic rings. The number of alkyl halides is 1.